The molecule has 3 rings (SSSR count). The summed E-state index contributed by atoms with van der Waals surface area (Å²) in [6.07, 6.45) is 2.02. The van der Waals surface area contributed by atoms with E-state index in [0.717, 1.165) is 23.3 Å². The number of rotatable bonds is 4. The summed E-state index contributed by atoms with van der Waals surface area (Å²) in [5, 5.41) is 17.1. The Balaban J connectivity index is 1.97. The molecule has 1 saturated carbocycles. The van der Waals surface area contributed by atoms with Crippen molar-refractivity contribution in [3.8, 4) is 0 Å². The number of aliphatic hydroxyl groups is 1. The third kappa shape index (κ3) is 2.56. The van der Waals surface area contributed by atoms with E-state index in [2.05, 4.69) is 10.2 Å². The molecule has 1 aromatic heterocycles. The molecule has 0 bridgehead atoms. The molecule has 0 aliphatic heterocycles. The van der Waals surface area contributed by atoms with Crippen LogP contribution in [0.1, 0.15) is 24.4 Å². The molecule has 1 aliphatic carbocycles. The molecule has 0 unspecified atom stereocenters. The molecule has 0 amide bonds. The van der Waals surface area contributed by atoms with Crippen LogP contribution in [0.25, 0.3) is 0 Å². The maximum Gasteiger partial charge on any atom is 0.344 e. The second kappa shape index (κ2) is 5.03. The Labute approximate surface area is 118 Å². The fourth-order valence-corrected chi connectivity index (χ4v) is 3.17. The Morgan fingerprint density at radius 3 is 3.00 bits per heavy atom. The third-order valence-electron chi connectivity index (χ3n) is 2.98. The zero-order valence-corrected chi connectivity index (χ0v) is 11.5. The van der Waals surface area contributed by atoms with Crippen molar-refractivity contribution in [3.63, 3.8) is 0 Å². The molecule has 1 fully saturated rings. The first-order valence-corrected chi connectivity index (χ1v) is 7.12. The Bertz CT molecular complexity index is 663. The predicted octanol–water partition coefficient (Wildman–Crippen LogP) is 2.20. The van der Waals surface area contributed by atoms with Gasteiger partial charge in [0.2, 0.25) is 0 Å². The monoisotopic (exact) mass is 297 g/mol. The highest BCUT2D eigenvalue weighted by molar-refractivity contribution is 7.99. The summed E-state index contributed by atoms with van der Waals surface area (Å²) in [7, 11) is 0. The number of halogens is 1. The van der Waals surface area contributed by atoms with E-state index >= 15 is 0 Å². The minimum absolute atomic E-state index is 0.0718. The van der Waals surface area contributed by atoms with Crippen LogP contribution in [0.2, 0.25) is 5.02 Å². The number of aliphatic hydroxyl groups excluding tert-OH is 1. The number of hydrogen-bond donors (Lipinski definition) is 2. The molecule has 0 spiro atoms. The number of nitrogens with zero attached hydrogens (tertiary/aromatic N) is 2. The largest absolute Gasteiger partial charge is 0.392 e. The average molecular weight is 298 g/mol. The number of aromatic nitrogens is 3. The second-order valence-electron chi connectivity index (χ2n) is 4.42. The van der Waals surface area contributed by atoms with Crippen molar-refractivity contribution in [1.29, 1.82) is 0 Å². The van der Waals surface area contributed by atoms with E-state index in [9.17, 15) is 9.90 Å². The molecule has 5 nitrogen and oxygen atoms in total. The Hall–Kier alpha value is -1.24. The molecule has 7 heteroatoms. The summed E-state index contributed by atoms with van der Waals surface area (Å²) < 4.78 is 1.67. The lowest BCUT2D eigenvalue weighted by molar-refractivity contribution is 0.279. The van der Waals surface area contributed by atoms with E-state index < -0.39 is 0 Å². The minimum Gasteiger partial charge on any atom is -0.392 e. The first kappa shape index (κ1) is 12.8. The molecule has 2 aromatic rings. The van der Waals surface area contributed by atoms with Crippen molar-refractivity contribution in [3.05, 3.63) is 39.3 Å². The van der Waals surface area contributed by atoms with Gasteiger partial charge in [-0.15, -0.1) is 5.10 Å². The van der Waals surface area contributed by atoms with Crippen LogP contribution < -0.4 is 5.69 Å². The molecule has 0 atom stereocenters. The summed E-state index contributed by atoms with van der Waals surface area (Å²) >= 11 is 7.31. The van der Waals surface area contributed by atoms with Gasteiger partial charge in [-0.25, -0.2) is 9.89 Å². The molecule has 2 N–H and O–H groups in total. The van der Waals surface area contributed by atoms with Gasteiger partial charge in [-0.2, -0.15) is 0 Å². The van der Waals surface area contributed by atoms with Gasteiger partial charge in [-0.05, 0) is 42.3 Å². The summed E-state index contributed by atoms with van der Waals surface area (Å²) in [6.45, 7) is -0.0718. The normalized spacial score (nSPS) is 14.8. The lowest BCUT2D eigenvalue weighted by atomic mass is 10.2. The number of hydrogen-bond acceptors (Lipinski definition) is 4. The summed E-state index contributed by atoms with van der Waals surface area (Å²) in [5.41, 5.74) is 0.588. The highest BCUT2D eigenvalue weighted by atomic mass is 35.5. The quantitative estimate of drug-likeness (QED) is 0.907. The van der Waals surface area contributed by atoms with Gasteiger partial charge in [-0.3, -0.25) is 4.57 Å². The highest BCUT2D eigenvalue weighted by Crippen LogP contribution is 2.38. The molecular formula is C12H12ClN3O2S. The first-order chi connectivity index (χ1) is 9.19. The van der Waals surface area contributed by atoms with Crippen LogP contribution >= 0.6 is 23.4 Å². The van der Waals surface area contributed by atoms with Crippen LogP contribution in [-0.4, -0.2) is 19.9 Å². The zero-order chi connectivity index (χ0) is 13.4. The van der Waals surface area contributed by atoms with Gasteiger partial charge in [0, 0.05) is 16.0 Å². The van der Waals surface area contributed by atoms with Crippen molar-refractivity contribution in [2.45, 2.75) is 35.5 Å². The lowest BCUT2D eigenvalue weighted by Gasteiger charge is -2.07. The van der Waals surface area contributed by atoms with E-state index in [4.69, 9.17) is 11.6 Å². The lowest BCUT2D eigenvalue weighted by Crippen LogP contribution is -2.16. The smallest absolute Gasteiger partial charge is 0.344 e. The number of H-pyrrole nitrogens is 1. The van der Waals surface area contributed by atoms with Crippen molar-refractivity contribution in [1.82, 2.24) is 14.8 Å². The van der Waals surface area contributed by atoms with Gasteiger partial charge in [0.05, 0.1) is 6.61 Å². The minimum atomic E-state index is -0.183. The van der Waals surface area contributed by atoms with E-state index in [0.29, 0.717) is 10.2 Å². The molecule has 0 radical (unpaired) electrons. The topological polar surface area (TPSA) is 70.9 Å². The van der Waals surface area contributed by atoms with Crippen LogP contribution in [0.15, 0.2) is 33.0 Å². The summed E-state index contributed by atoms with van der Waals surface area (Å²) in [6, 6.07) is 5.53. The number of aromatic amines is 1. The summed E-state index contributed by atoms with van der Waals surface area (Å²) in [4.78, 5) is 12.5. The van der Waals surface area contributed by atoms with Gasteiger partial charge in [0.1, 0.15) is 0 Å². The fraction of sp³-hybridized carbons (Fsp3) is 0.333. The second-order valence-corrected chi connectivity index (χ2v) is 5.87. The average Bonchev–Trinajstić information content (AvgIpc) is 3.15. The van der Waals surface area contributed by atoms with E-state index in [1.807, 2.05) is 0 Å². The van der Waals surface area contributed by atoms with Gasteiger partial charge in [0.25, 0.3) is 0 Å². The summed E-state index contributed by atoms with van der Waals surface area (Å²) in [5.74, 6) is 0. The molecule has 1 aliphatic rings. The van der Waals surface area contributed by atoms with Crippen molar-refractivity contribution < 1.29 is 5.11 Å². The predicted molar refractivity (Wildman–Crippen MR) is 72.6 cm³/mol. The SMILES string of the molecule is O=c1[nH]nc(Sc2cc(Cl)ccc2CO)n1C1CC1. The van der Waals surface area contributed by atoms with Crippen LogP contribution in [0.5, 0.6) is 0 Å². The molecule has 100 valence electrons. The van der Waals surface area contributed by atoms with Gasteiger partial charge in [-0.1, -0.05) is 17.7 Å². The van der Waals surface area contributed by atoms with E-state index in [1.165, 1.54) is 11.8 Å². The van der Waals surface area contributed by atoms with Crippen LogP contribution in [-0.2, 0) is 6.61 Å². The standard InChI is InChI=1S/C12H12ClN3O2S/c13-8-2-1-7(6-17)10(5-8)19-12-15-14-11(18)16(12)9-3-4-9/h1-2,5,9,17H,3-4,6H2,(H,14,18). The Morgan fingerprint density at radius 2 is 2.32 bits per heavy atom. The van der Waals surface area contributed by atoms with Crippen LogP contribution in [0, 0.1) is 0 Å². The molecule has 1 aromatic carbocycles. The van der Waals surface area contributed by atoms with Crippen LogP contribution in [0.4, 0.5) is 0 Å². The highest BCUT2D eigenvalue weighted by Gasteiger charge is 2.28. The van der Waals surface area contributed by atoms with Crippen molar-refractivity contribution in [2.75, 3.05) is 0 Å². The van der Waals surface area contributed by atoms with Crippen LogP contribution in [0.3, 0.4) is 0 Å². The fourth-order valence-electron chi connectivity index (χ4n) is 1.87. The van der Waals surface area contributed by atoms with Gasteiger partial charge >= 0.3 is 5.69 Å². The van der Waals surface area contributed by atoms with E-state index in [1.54, 1.807) is 22.8 Å². The zero-order valence-electron chi connectivity index (χ0n) is 9.97. The maximum absolute atomic E-state index is 11.7. The number of nitrogens with one attached hydrogen (secondary N) is 1. The maximum atomic E-state index is 11.7. The van der Waals surface area contributed by atoms with Gasteiger partial charge < -0.3 is 5.11 Å². The molecule has 19 heavy (non-hydrogen) atoms. The van der Waals surface area contributed by atoms with Crippen molar-refractivity contribution >= 4 is 23.4 Å². The first-order valence-electron chi connectivity index (χ1n) is 5.93. The van der Waals surface area contributed by atoms with Crippen molar-refractivity contribution in [2.24, 2.45) is 0 Å². The molecule has 1 heterocycles. The molecule has 0 saturated heterocycles. The third-order valence-corrected chi connectivity index (χ3v) is 4.29. The van der Waals surface area contributed by atoms with Gasteiger partial charge in [0.15, 0.2) is 5.16 Å². The molecular weight excluding hydrogens is 286 g/mol. The van der Waals surface area contributed by atoms with E-state index in [-0.39, 0.29) is 18.3 Å². The number of benzene rings is 1. The Morgan fingerprint density at radius 1 is 1.53 bits per heavy atom. The Kier molecular flexibility index (Phi) is 3.38.